The number of hydrogen-bond donors (Lipinski definition) is 2. The molecule has 6 nitrogen and oxygen atoms in total. The number of ether oxygens (including phenoxy) is 1. The molecule has 0 unspecified atom stereocenters. The number of alkyl carbamates (subject to hydrolysis) is 1. The fraction of sp³-hybridized carbons (Fsp3) is 0.562. The smallest absolute Gasteiger partial charge is 0.408 e. The van der Waals surface area contributed by atoms with E-state index in [1.807, 2.05) is 13.0 Å². The van der Waals surface area contributed by atoms with Gasteiger partial charge in [-0.3, -0.25) is 9.78 Å². The molecule has 2 amide bonds. The van der Waals surface area contributed by atoms with Crippen molar-refractivity contribution in [1.29, 1.82) is 0 Å². The van der Waals surface area contributed by atoms with Gasteiger partial charge in [0.15, 0.2) is 0 Å². The van der Waals surface area contributed by atoms with Crippen molar-refractivity contribution < 1.29 is 14.3 Å². The van der Waals surface area contributed by atoms with Crippen LogP contribution in [0.4, 0.5) is 10.5 Å². The molecule has 1 saturated carbocycles. The summed E-state index contributed by atoms with van der Waals surface area (Å²) in [4.78, 5) is 28.3. The van der Waals surface area contributed by atoms with Crippen LogP contribution in [0.25, 0.3) is 0 Å². The van der Waals surface area contributed by atoms with E-state index in [9.17, 15) is 9.59 Å². The van der Waals surface area contributed by atoms with Gasteiger partial charge in [0.05, 0.1) is 11.9 Å². The second kappa shape index (κ2) is 5.94. The second-order valence-electron chi connectivity index (χ2n) is 6.60. The maximum absolute atomic E-state index is 12.4. The highest BCUT2D eigenvalue weighted by atomic mass is 16.6. The molecular weight excluding hydrogens is 282 g/mol. The number of nitrogens with one attached hydrogen (secondary N) is 2. The van der Waals surface area contributed by atoms with E-state index in [2.05, 4.69) is 15.6 Å². The van der Waals surface area contributed by atoms with Crippen LogP contribution in [0.15, 0.2) is 18.5 Å². The Morgan fingerprint density at radius 2 is 2.00 bits per heavy atom. The zero-order chi connectivity index (χ0) is 16.4. The predicted octanol–water partition coefficient (Wildman–Crippen LogP) is 2.64. The topological polar surface area (TPSA) is 80.3 Å². The van der Waals surface area contributed by atoms with Crippen LogP contribution in [0.1, 0.15) is 46.1 Å². The number of aromatic nitrogens is 1. The molecule has 0 radical (unpaired) electrons. The van der Waals surface area contributed by atoms with Crippen LogP contribution in [0, 0.1) is 0 Å². The minimum atomic E-state index is -0.857. The van der Waals surface area contributed by atoms with E-state index in [-0.39, 0.29) is 5.91 Å². The number of nitrogens with zero attached hydrogens (tertiary/aromatic N) is 1. The molecule has 0 aliphatic heterocycles. The molecule has 0 bridgehead atoms. The van der Waals surface area contributed by atoms with Crippen LogP contribution in [-0.2, 0) is 16.0 Å². The van der Waals surface area contributed by atoms with Crippen molar-refractivity contribution >= 4 is 17.7 Å². The van der Waals surface area contributed by atoms with Crippen molar-refractivity contribution in [3.05, 3.63) is 24.0 Å². The Labute approximate surface area is 130 Å². The lowest BCUT2D eigenvalue weighted by molar-refractivity contribution is -0.119. The van der Waals surface area contributed by atoms with Crippen LogP contribution in [0.3, 0.4) is 0 Å². The SMILES string of the molecule is CCc1cncc(NC(=O)C2(NC(=O)OC(C)(C)C)CC2)c1. The van der Waals surface area contributed by atoms with Crippen LogP contribution >= 0.6 is 0 Å². The lowest BCUT2D eigenvalue weighted by Gasteiger charge is -2.23. The Kier molecular flexibility index (Phi) is 4.39. The first-order valence-electron chi connectivity index (χ1n) is 7.51. The van der Waals surface area contributed by atoms with E-state index in [0.717, 1.165) is 12.0 Å². The molecule has 1 fully saturated rings. The van der Waals surface area contributed by atoms with Gasteiger partial charge in [-0.25, -0.2) is 4.79 Å². The van der Waals surface area contributed by atoms with E-state index in [1.165, 1.54) is 0 Å². The van der Waals surface area contributed by atoms with Crippen LogP contribution in [0.2, 0.25) is 0 Å². The molecule has 2 N–H and O–H groups in total. The maximum Gasteiger partial charge on any atom is 0.408 e. The Morgan fingerprint density at radius 1 is 1.32 bits per heavy atom. The number of anilines is 1. The molecule has 0 atom stereocenters. The van der Waals surface area contributed by atoms with E-state index < -0.39 is 17.2 Å². The van der Waals surface area contributed by atoms with Gasteiger partial charge in [-0.2, -0.15) is 0 Å². The first kappa shape index (κ1) is 16.3. The Morgan fingerprint density at radius 3 is 2.55 bits per heavy atom. The highest BCUT2D eigenvalue weighted by molar-refractivity contribution is 6.02. The van der Waals surface area contributed by atoms with Crippen molar-refractivity contribution in [3.8, 4) is 0 Å². The monoisotopic (exact) mass is 305 g/mol. The molecule has 1 heterocycles. The molecule has 0 spiro atoms. The van der Waals surface area contributed by atoms with Gasteiger partial charge < -0.3 is 15.4 Å². The molecule has 22 heavy (non-hydrogen) atoms. The number of hydrogen-bond acceptors (Lipinski definition) is 4. The first-order chi connectivity index (χ1) is 10.2. The zero-order valence-corrected chi connectivity index (χ0v) is 13.5. The molecule has 1 aliphatic carbocycles. The van der Waals surface area contributed by atoms with Gasteiger partial charge >= 0.3 is 6.09 Å². The van der Waals surface area contributed by atoms with Crippen molar-refractivity contribution in [3.63, 3.8) is 0 Å². The summed E-state index contributed by atoms with van der Waals surface area (Å²) in [6.07, 6.45) is 4.86. The number of amides is 2. The Balaban J connectivity index is 1.98. The summed E-state index contributed by atoms with van der Waals surface area (Å²) in [6.45, 7) is 7.38. The summed E-state index contributed by atoms with van der Waals surface area (Å²) < 4.78 is 5.21. The van der Waals surface area contributed by atoms with Crippen molar-refractivity contribution in [2.45, 2.75) is 58.1 Å². The van der Waals surface area contributed by atoms with Gasteiger partial charge in [-0.1, -0.05) is 6.92 Å². The lowest BCUT2D eigenvalue weighted by atomic mass is 10.2. The Hall–Kier alpha value is -2.11. The van der Waals surface area contributed by atoms with Gasteiger partial charge in [0.2, 0.25) is 5.91 Å². The number of aryl methyl sites for hydroxylation is 1. The van der Waals surface area contributed by atoms with E-state index in [4.69, 9.17) is 4.74 Å². The maximum atomic E-state index is 12.4. The molecule has 1 aromatic heterocycles. The summed E-state index contributed by atoms with van der Waals surface area (Å²) in [7, 11) is 0. The zero-order valence-electron chi connectivity index (χ0n) is 13.5. The average Bonchev–Trinajstić information content (AvgIpc) is 3.17. The molecule has 2 rings (SSSR count). The number of carbonyl (C=O) groups is 2. The highest BCUT2D eigenvalue weighted by Gasteiger charge is 2.52. The predicted molar refractivity (Wildman–Crippen MR) is 83.6 cm³/mol. The van der Waals surface area contributed by atoms with E-state index >= 15 is 0 Å². The first-order valence-corrected chi connectivity index (χ1v) is 7.51. The summed E-state index contributed by atoms with van der Waals surface area (Å²) in [5.74, 6) is -0.228. The van der Waals surface area contributed by atoms with E-state index in [1.54, 1.807) is 33.2 Å². The standard InChI is InChI=1S/C16H23N3O3/c1-5-11-8-12(10-17-9-11)18-13(20)16(6-7-16)19-14(21)22-15(2,3)4/h8-10H,5-7H2,1-4H3,(H,18,20)(H,19,21). The minimum Gasteiger partial charge on any atom is -0.444 e. The number of carbonyl (C=O) groups excluding carboxylic acids is 2. The highest BCUT2D eigenvalue weighted by Crippen LogP contribution is 2.36. The molecule has 0 saturated heterocycles. The molecule has 0 aromatic carbocycles. The molecule has 120 valence electrons. The van der Waals surface area contributed by atoms with Crippen molar-refractivity contribution in [2.24, 2.45) is 0 Å². The van der Waals surface area contributed by atoms with Gasteiger partial charge in [0.25, 0.3) is 0 Å². The summed E-state index contributed by atoms with van der Waals surface area (Å²) in [5, 5.41) is 5.49. The van der Waals surface area contributed by atoms with Crippen molar-refractivity contribution in [2.75, 3.05) is 5.32 Å². The second-order valence-corrected chi connectivity index (χ2v) is 6.60. The van der Waals surface area contributed by atoms with Gasteiger partial charge in [-0.05, 0) is 51.7 Å². The normalized spacial score (nSPS) is 15.8. The Bertz CT molecular complexity index is 574. The van der Waals surface area contributed by atoms with Crippen LogP contribution in [0.5, 0.6) is 0 Å². The van der Waals surface area contributed by atoms with Gasteiger partial charge in [0.1, 0.15) is 11.1 Å². The summed E-state index contributed by atoms with van der Waals surface area (Å²) >= 11 is 0. The van der Waals surface area contributed by atoms with Gasteiger partial charge in [-0.15, -0.1) is 0 Å². The molecule has 1 aliphatic rings. The third-order valence-corrected chi connectivity index (χ3v) is 3.39. The lowest BCUT2D eigenvalue weighted by Crippen LogP contribution is -2.47. The number of pyridine rings is 1. The largest absolute Gasteiger partial charge is 0.444 e. The summed E-state index contributed by atoms with van der Waals surface area (Å²) in [6, 6.07) is 1.88. The van der Waals surface area contributed by atoms with Crippen LogP contribution < -0.4 is 10.6 Å². The fourth-order valence-corrected chi connectivity index (χ4v) is 2.03. The average molecular weight is 305 g/mol. The minimum absolute atomic E-state index is 0.228. The third kappa shape index (κ3) is 4.19. The number of rotatable bonds is 4. The molecule has 1 aromatic rings. The van der Waals surface area contributed by atoms with Gasteiger partial charge in [0, 0.05) is 6.20 Å². The van der Waals surface area contributed by atoms with Crippen LogP contribution in [-0.4, -0.2) is 28.1 Å². The third-order valence-electron chi connectivity index (χ3n) is 3.39. The molecule has 6 heteroatoms. The quantitative estimate of drug-likeness (QED) is 0.896. The fourth-order valence-electron chi connectivity index (χ4n) is 2.03. The van der Waals surface area contributed by atoms with Crippen molar-refractivity contribution in [1.82, 2.24) is 10.3 Å². The molecular formula is C16H23N3O3. The summed E-state index contributed by atoms with van der Waals surface area (Å²) in [5.41, 5.74) is 0.241. The van der Waals surface area contributed by atoms with E-state index in [0.29, 0.717) is 18.5 Å².